The van der Waals surface area contributed by atoms with Crippen molar-refractivity contribution in [1.29, 1.82) is 0 Å². The van der Waals surface area contributed by atoms with E-state index >= 15 is 0 Å². The number of fused-ring (bicyclic) bond motifs is 1. The van der Waals surface area contributed by atoms with Crippen molar-refractivity contribution in [1.82, 2.24) is 14.6 Å². The predicted octanol–water partition coefficient (Wildman–Crippen LogP) is 3.89. The Hall–Kier alpha value is -2.34. The molecule has 0 aliphatic heterocycles. The largest absolute Gasteiger partial charge is 0.325 e. The standard InChI is InChI=1S/C18H20N4OS/c1-12(2)14-8-6-7-13(3)17(14)19-16(23)11-24-18-21-20-15-9-4-5-10-22(15)18/h4-10,12H,11H2,1-3H3,(H,19,23). The van der Waals surface area contributed by atoms with Gasteiger partial charge in [0.05, 0.1) is 5.75 Å². The first-order valence-corrected chi connectivity index (χ1v) is 8.86. The van der Waals surface area contributed by atoms with Crippen LogP contribution in [0.5, 0.6) is 0 Å². The van der Waals surface area contributed by atoms with E-state index in [1.165, 1.54) is 11.8 Å². The zero-order chi connectivity index (χ0) is 17.1. The van der Waals surface area contributed by atoms with Crippen LogP contribution in [0.15, 0.2) is 47.8 Å². The van der Waals surface area contributed by atoms with Crippen molar-refractivity contribution in [2.45, 2.75) is 31.8 Å². The summed E-state index contributed by atoms with van der Waals surface area (Å²) in [5.74, 6) is 0.610. The van der Waals surface area contributed by atoms with Crippen molar-refractivity contribution in [3.05, 3.63) is 53.7 Å². The lowest BCUT2D eigenvalue weighted by Gasteiger charge is -2.16. The average Bonchev–Trinajstić information content (AvgIpc) is 2.98. The monoisotopic (exact) mass is 340 g/mol. The third kappa shape index (κ3) is 3.43. The molecular weight excluding hydrogens is 320 g/mol. The Labute approximate surface area is 145 Å². The fourth-order valence-corrected chi connectivity index (χ4v) is 3.29. The van der Waals surface area contributed by atoms with E-state index in [1.807, 2.05) is 47.9 Å². The van der Waals surface area contributed by atoms with Crippen LogP contribution in [0, 0.1) is 6.92 Å². The van der Waals surface area contributed by atoms with Gasteiger partial charge in [0.2, 0.25) is 5.91 Å². The highest BCUT2D eigenvalue weighted by atomic mass is 32.2. The minimum Gasteiger partial charge on any atom is -0.325 e. The van der Waals surface area contributed by atoms with E-state index in [0.717, 1.165) is 27.6 Å². The van der Waals surface area contributed by atoms with E-state index in [0.29, 0.717) is 11.7 Å². The maximum absolute atomic E-state index is 12.4. The number of carbonyl (C=O) groups is 1. The van der Waals surface area contributed by atoms with Crippen molar-refractivity contribution in [2.75, 3.05) is 11.1 Å². The molecule has 0 fully saturated rings. The van der Waals surface area contributed by atoms with Crippen molar-refractivity contribution >= 4 is 29.0 Å². The lowest BCUT2D eigenvalue weighted by Crippen LogP contribution is -2.16. The van der Waals surface area contributed by atoms with Crippen molar-refractivity contribution in [3.8, 4) is 0 Å². The first-order valence-electron chi connectivity index (χ1n) is 7.88. The molecule has 124 valence electrons. The molecule has 6 heteroatoms. The molecule has 2 heterocycles. The average molecular weight is 340 g/mol. The van der Waals surface area contributed by atoms with Crippen LogP contribution in [-0.2, 0) is 4.79 Å². The number of nitrogens with zero attached hydrogens (tertiary/aromatic N) is 3. The SMILES string of the molecule is Cc1cccc(C(C)C)c1NC(=O)CSc1nnc2ccccn12. The van der Waals surface area contributed by atoms with Gasteiger partial charge in [-0.3, -0.25) is 9.20 Å². The number of para-hydroxylation sites is 1. The molecule has 0 saturated carbocycles. The molecule has 1 aromatic carbocycles. The molecule has 0 unspecified atom stereocenters. The maximum Gasteiger partial charge on any atom is 0.234 e. The minimum absolute atomic E-state index is 0.0381. The summed E-state index contributed by atoms with van der Waals surface area (Å²) >= 11 is 1.38. The second-order valence-electron chi connectivity index (χ2n) is 5.94. The molecule has 2 aromatic heterocycles. The Balaban J connectivity index is 1.71. The van der Waals surface area contributed by atoms with Gasteiger partial charge in [-0.2, -0.15) is 0 Å². The number of aryl methyl sites for hydroxylation is 1. The highest BCUT2D eigenvalue weighted by molar-refractivity contribution is 7.99. The molecule has 0 aliphatic carbocycles. The zero-order valence-electron chi connectivity index (χ0n) is 14.0. The topological polar surface area (TPSA) is 59.3 Å². The first-order chi connectivity index (χ1) is 11.6. The van der Waals surface area contributed by atoms with Crippen molar-refractivity contribution < 1.29 is 4.79 Å². The Bertz CT molecular complexity index is 872. The van der Waals surface area contributed by atoms with Crippen LogP contribution in [0.2, 0.25) is 0 Å². The number of aromatic nitrogens is 3. The molecule has 24 heavy (non-hydrogen) atoms. The van der Waals surface area contributed by atoms with Gasteiger partial charge in [-0.1, -0.05) is 49.9 Å². The summed E-state index contributed by atoms with van der Waals surface area (Å²) in [5, 5.41) is 12.0. The highest BCUT2D eigenvalue weighted by Gasteiger charge is 2.13. The first kappa shape index (κ1) is 16.5. The Morgan fingerprint density at radius 1 is 1.21 bits per heavy atom. The van der Waals surface area contributed by atoms with Crippen LogP contribution in [0.4, 0.5) is 5.69 Å². The normalized spacial score (nSPS) is 11.2. The number of hydrogen-bond acceptors (Lipinski definition) is 4. The van der Waals surface area contributed by atoms with Gasteiger partial charge in [0, 0.05) is 11.9 Å². The third-order valence-electron chi connectivity index (χ3n) is 3.81. The van der Waals surface area contributed by atoms with E-state index in [2.05, 4.69) is 35.4 Å². The zero-order valence-corrected chi connectivity index (χ0v) is 14.8. The Morgan fingerprint density at radius 3 is 2.83 bits per heavy atom. The number of carbonyl (C=O) groups excluding carboxylic acids is 1. The molecule has 0 atom stereocenters. The number of pyridine rings is 1. The summed E-state index contributed by atoms with van der Waals surface area (Å²) in [6, 6.07) is 11.8. The molecule has 5 nitrogen and oxygen atoms in total. The molecule has 0 radical (unpaired) electrons. The number of benzene rings is 1. The predicted molar refractivity (Wildman–Crippen MR) is 97.6 cm³/mol. The molecule has 1 N–H and O–H groups in total. The number of amides is 1. The maximum atomic E-state index is 12.4. The molecule has 3 rings (SSSR count). The number of nitrogens with one attached hydrogen (secondary N) is 1. The van der Waals surface area contributed by atoms with Crippen LogP contribution in [-0.4, -0.2) is 26.3 Å². The Kier molecular flexibility index (Phi) is 4.85. The molecule has 0 bridgehead atoms. The number of hydrogen-bond donors (Lipinski definition) is 1. The lowest BCUT2D eigenvalue weighted by molar-refractivity contribution is -0.113. The van der Waals surface area contributed by atoms with Gasteiger partial charge in [-0.05, 0) is 36.1 Å². The summed E-state index contributed by atoms with van der Waals surface area (Å²) in [4.78, 5) is 12.4. The quantitative estimate of drug-likeness (QED) is 0.716. The van der Waals surface area contributed by atoms with Gasteiger partial charge < -0.3 is 5.32 Å². The molecule has 0 aliphatic rings. The molecule has 0 spiro atoms. The number of rotatable bonds is 5. The van der Waals surface area contributed by atoms with E-state index in [4.69, 9.17) is 0 Å². The molecule has 1 amide bonds. The van der Waals surface area contributed by atoms with Gasteiger partial charge in [0.1, 0.15) is 0 Å². The van der Waals surface area contributed by atoms with Gasteiger partial charge in [0.15, 0.2) is 10.8 Å². The van der Waals surface area contributed by atoms with Gasteiger partial charge in [-0.15, -0.1) is 10.2 Å². The second kappa shape index (κ2) is 7.05. The summed E-state index contributed by atoms with van der Waals surface area (Å²) in [6.07, 6.45) is 1.90. The van der Waals surface area contributed by atoms with Gasteiger partial charge in [-0.25, -0.2) is 0 Å². The summed E-state index contributed by atoms with van der Waals surface area (Å²) in [7, 11) is 0. The number of anilines is 1. The second-order valence-corrected chi connectivity index (χ2v) is 6.88. The smallest absolute Gasteiger partial charge is 0.234 e. The summed E-state index contributed by atoms with van der Waals surface area (Å²) in [6.45, 7) is 6.27. The van der Waals surface area contributed by atoms with E-state index in [-0.39, 0.29) is 5.91 Å². The van der Waals surface area contributed by atoms with E-state index in [1.54, 1.807) is 0 Å². The summed E-state index contributed by atoms with van der Waals surface area (Å²) < 4.78 is 1.88. The molecular formula is C18H20N4OS. The Morgan fingerprint density at radius 2 is 2.04 bits per heavy atom. The van der Waals surface area contributed by atoms with Crippen LogP contribution in [0.1, 0.15) is 30.9 Å². The van der Waals surface area contributed by atoms with Crippen LogP contribution in [0.3, 0.4) is 0 Å². The van der Waals surface area contributed by atoms with E-state index < -0.39 is 0 Å². The fraction of sp³-hybridized carbons (Fsp3) is 0.278. The lowest BCUT2D eigenvalue weighted by atomic mass is 9.98. The van der Waals surface area contributed by atoms with Crippen molar-refractivity contribution in [2.24, 2.45) is 0 Å². The van der Waals surface area contributed by atoms with Crippen LogP contribution < -0.4 is 5.32 Å². The summed E-state index contributed by atoms with van der Waals surface area (Å²) in [5.41, 5.74) is 3.93. The van der Waals surface area contributed by atoms with E-state index in [9.17, 15) is 4.79 Å². The van der Waals surface area contributed by atoms with Crippen LogP contribution >= 0.6 is 11.8 Å². The highest BCUT2D eigenvalue weighted by Crippen LogP contribution is 2.27. The fourth-order valence-electron chi connectivity index (χ4n) is 2.57. The molecule has 0 saturated heterocycles. The van der Waals surface area contributed by atoms with Crippen LogP contribution in [0.25, 0.3) is 5.65 Å². The third-order valence-corrected chi connectivity index (χ3v) is 4.75. The van der Waals surface area contributed by atoms with Gasteiger partial charge in [0.25, 0.3) is 0 Å². The minimum atomic E-state index is -0.0381. The molecule has 3 aromatic rings. The van der Waals surface area contributed by atoms with Crippen molar-refractivity contribution in [3.63, 3.8) is 0 Å². The van der Waals surface area contributed by atoms with Gasteiger partial charge >= 0.3 is 0 Å². The number of thioether (sulfide) groups is 1.